The van der Waals surface area contributed by atoms with Crippen LogP contribution in [0.4, 0.5) is 0 Å². The van der Waals surface area contributed by atoms with Crippen molar-refractivity contribution in [2.75, 3.05) is 39.0 Å². The fourth-order valence-electron chi connectivity index (χ4n) is 2.77. The Morgan fingerprint density at radius 1 is 1.28 bits per heavy atom. The molecule has 3 N–H and O–H groups in total. The number of pyridine rings is 1. The molecule has 0 saturated carbocycles. The van der Waals surface area contributed by atoms with Crippen molar-refractivity contribution in [1.29, 1.82) is 0 Å². The van der Waals surface area contributed by atoms with Crippen LogP contribution in [0.15, 0.2) is 28.5 Å². The third-order valence-electron chi connectivity index (χ3n) is 4.24. The third-order valence-corrected chi connectivity index (χ3v) is 5.11. The van der Waals surface area contributed by atoms with E-state index in [4.69, 9.17) is 4.74 Å². The average molecular weight is 421 g/mol. The average Bonchev–Trinajstić information content (AvgIpc) is 3.24. The van der Waals surface area contributed by atoms with Crippen molar-refractivity contribution in [3.05, 3.63) is 50.1 Å². The first-order valence-electron chi connectivity index (χ1n) is 8.47. The molecule has 29 heavy (non-hydrogen) atoms. The van der Waals surface area contributed by atoms with Crippen molar-refractivity contribution < 1.29 is 24.2 Å². The van der Waals surface area contributed by atoms with E-state index in [2.05, 4.69) is 10.9 Å². The van der Waals surface area contributed by atoms with Gasteiger partial charge in [0.2, 0.25) is 5.43 Å². The molecule has 154 valence electrons. The van der Waals surface area contributed by atoms with E-state index in [1.807, 2.05) is 0 Å². The number of fused-ring (bicyclic) bond motifs is 1. The van der Waals surface area contributed by atoms with Crippen LogP contribution in [0.2, 0.25) is 0 Å². The summed E-state index contributed by atoms with van der Waals surface area (Å²) in [6.45, 7) is 0.715. The number of hydrazine groups is 1. The van der Waals surface area contributed by atoms with E-state index >= 15 is 0 Å². The Morgan fingerprint density at radius 3 is 2.66 bits per heavy atom. The molecule has 12 heteroatoms. The van der Waals surface area contributed by atoms with Gasteiger partial charge in [-0.05, 0) is 11.4 Å². The Morgan fingerprint density at radius 2 is 2.00 bits per heavy atom. The highest BCUT2D eigenvalue weighted by molar-refractivity contribution is 7.12. The molecule has 1 aliphatic heterocycles. The molecule has 1 aliphatic rings. The van der Waals surface area contributed by atoms with Gasteiger partial charge in [0.25, 0.3) is 17.7 Å². The molecular formula is C17H19N5O6S. The lowest BCUT2D eigenvalue weighted by Crippen LogP contribution is -2.53. The Hall–Kier alpha value is -3.38. The Labute approximate surface area is 169 Å². The van der Waals surface area contributed by atoms with Crippen LogP contribution in [0.3, 0.4) is 0 Å². The van der Waals surface area contributed by atoms with Crippen LogP contribution in [0, 0.1) is 0 Å². The fourth-order valence-corrected chi connectivity index (χ4v) is 3.39. The summed E-state index contributed by atoms with van der Waals surface area (Å²) in [5, 5.41) is 13.6. The SMILES string of the molecule is COCCN1CN(C)n2cc(C(=O)NNC(=O)c3cccs3)c(=O)c(O)c2C1=O. The number of ether oxygens (including phenoxy) is 1. The Balaban J connectivity index is 1.85. The first-order valence-corrected chi connectivity index (χ1v) is 9.35. The Kier molecular flexibility index (Phi) is 5.84. The number of nitrogens with zero attached hydrogens (tertiary/aromatic N) is 3. The topological polar surface area (TPSA) is 133 Å². The lowest BCUT2D eigenvalue weighted by molar-refractivity contribution is 0.0629. The van der Waals surface area contributed by atoms with Crippen LogP contribution in [0.5, 0.6) is 5.75 Å². The first kappa shape index (κ1) is 20.4. The van der Waals surface area contributed by atoms with E-state index in [0.717, 1.165) is 6.20 Å². The van der Waals surface area contributed by atoms with Gasteiger partial charge in [0.05, 0.1) is 11.5 Å². The first-order chi connectivity index (χ1) is 13.8. The van der Waals surface area contributed by atoms with Crippen LogP contribution in [-0.4, -0.2) is 66.4 Å². The van der Waals surface area contributed by atoms with E-state index in [1.54, 1.807) is 29.6 Å². The van der Waals surface area contributed by atoms with Gasteiger partial charge in [-0.1, -0.05) is 6.07 Å². The van der Waals surface area contributed by atoms with Gasteiger partial charge in [0.15, 0.2) is 11.4 Å². The van der Waals surface area contributed by atoms with Crippen LogP contribution in [0.25, 0.3) is 0 Å². The number of carbonyl (C=O) groups excluding carboxylic acids is 3. The summed E-state index contributed by atoms with van der Waals surface area (Å²) in [5.74, 6) is -2.88. The molecule has 2 aromatic rings. The van der Waals surface area contributed by atoms with Gasteiger partial charge in [-0.25, -0.2) is 0 Å². The highest BCUT2D eigenvalue weighted by Gasteiger charge is 2.33. The summed E-state index contributed by atoms with van der Waals surface area (Å²) >= 11 is 1.18. The number of hydrogen-bond acceptors (Lipinski definition) is 8. The second kappa shape index (κ2) is 8.32. The van der Waals surface area contributed by atoms with Crippen LogP contribution < -0.4 is 21.3 Å². The maximum absolute atomic E-state index is 12.6. The molecule has 0 atom stereocenters. The molecule has 3 rings (SSSR count). The molecule has 0 fully saturated rings. The second-order valence-electron chi connectivity index (χ2n) is 6.16. The molecule has 0 bridgehead atoms. The smallest absolute Gasteiger partial charge is 0.279 e. The monoisotopic (exact) mass is 421 g/mol. The van der Waals surface area contributed by atoms with Gasteiger partial charge in [-0.3, -0.25) is 39.7 Å². The van der Waals surface area contributed by atoms with Gasteiger partial charge < -0.3 is 14.7 Å². The molecule has 0 unspecified atom stereocenters. The maximum atomic E-state index is 12.6. The molecule has 0 aromatic carbocycles. The zero-order chi connectivity index (χ0) is 21.1. The summed E-state index contributed by atoms with van der Waals surface area (Å²) < 4.78 is 6.20. The molecule has 2 aromatic heterocycles. The van der Waals surface area contributed by atoms with Crippen LogP contribution >= 0.6 is 11.3 Å². The predicted octanol–water partition coefficient (Wildman–Crippen LogP) is -0.682. The molecule has 0 saturated heterocycles. The molecule has 0 spiro atoms. The molecule has 11 nitrogen and oxygen atoms in total. The van der Waals surface area contributed by atoms with Crippen molar-refractivity contribution in [3.63, 3.8) is 0 Å². The minimum atomic E-state index is -1.02. The van der Waals surface area contributed by atoms with Crippen molar-refractivity contribution in [2.45, 2.75) is 0 Å². The summed E-state index contributed by atoms with van der Waals surface area (Å²) in [5.41, 5.74) is 2.64. The lowest BCUT2D eigenvalue weighted by Gasteiger charge is -2.37. The molecular weight excluding hydrogens is 402 g/mol. The third kappa shape index (κ3) is 3.93. The van der Waals surface area contributed by atoms with Gasteiger partial charge in [-0.2, -0.15) is 0 Å². The predicted molar refractivity (Wildman–Crippen MR) is 104 cm³/mol. The number of nitrogens with one attached hydrogen (secondary N) is 2. The zero-order valence-corrected chi connectivity index (χ0v) is 16.5. The van der Waals surface area contributed by atoms with E-state index in [9.17, 15) is 24.3 Å². The summed E-state index contributed by atoms with van der Waals surface area (Å²) in [4.78, 5) is 51.2. The highest BCUT2D eigenvalue weighted by Crippen LogP contribution is 2.20. The number of amides is 3. The van der Waals surface area contributed by atoms with Gasteiger partial charge >= 0.3 is 0 Å². The number of carbonyl (C=O) groups is 3. The van der Waals surface area contributed by atoms with Gasteiger partial charge in [0.1, 0.15) is 12.2 Å². The standard InChI is InChI=1S/C17H19N5O6S/c1-20-9-21(5-6-28-2)17(27)12-14(24)13(23)10(8-22(12)20)15(25)18-19-16(26)11-4-3-7-29-11/h3-4,7-8,24H,5-6,9H2,1-2H3,(H,18,25)(H,19,26). The minimum absolute atomic E-state index is 0.160. The Bertz CT molecular complexity index is 1000. The van der Waals surface area contributed by atoms with E-state index in [-0.39, 0.29) is 25.5 Å². The normalized spacial score (nSPS) is 13.2. The number of rotatable bonds is 5. The van der Waals surface area contributed by atoms with E-state index < -0.39 is 34.5 Å². The van der Waals surface area contributed by atoms with Crippen molar-refractivity contribution >= 4 is 29.1 Å². The van der Waals surface area contributed by atoms with Crippen molar-refractivity contribution in [3.8, 4) is 5.75 Å². The summed E-state index contributed by atoms with van der Waals surface area (Å²) in [6, 6.07) is 3.25. The molecule has 0 radical (unpaired) electrons. The zero-order valence-electron chi connectivity index (χ0n) is 15.7. The molecule has 3 heterocycles. The van der Waals surface area contributed by atoms with Crippen molar-refractivity contribution in [1.82, 2.24) is 20.4 Å². The number of aromatic nitrogens is 1. The number of aromatic hydroxyl groups is 1. The number of thiophene rings is 1. The molecule has 3 amide bonds. The lowest BCUT2D eigenvalue weighted by atomic mass is 10.2. The summed E-state index contributed by atoms with van der Waals surface area (Å²) in [7, 11) is 3.12. The maximum Gasteiger partial charge on any atom is 0.279 e. The number of hydrogen-bond donors (Lipinski definition) is 3. The van der Waals surface area contributed by atoms with E-state index in [1.165, 1.54) is 28.0 Å². The summed E-state index contributed by atoms with van der Waals surface area (Å²) in [6.07, 6.45) is 1.15. The largest absolute Gasteiger partial charge is 0.502 e. The fraction of sp³-hybridized carbons (Fsp3) is 0.294. The molecule has 0 aliphatic carbocycles. The van der Waals surface area contributed by atoms with E-state index in [0.29, 0.717) is 4.88 Å². The van der Waals surface area contributed by atoms with Crippen LogP contribution in [-0.2, 0) is 4.74 Å². The second-order valence-corrected chi connectivity index (χ2v) is 7.11. The van der Waals surface area contributed by atoms with Crippen LogP contribution in [0.1, 0.15) is 30.5 Å². The quantitative estimate of drug-likeness (QED) is 0.545. The van der Waals surface area contributed by atoms with Gasteiger partial charge in [-0.15, -0.1) is 11.3 Å². The van der Waals surface area contributed by atoms with Gasteiger partial charge in [0, 0.05) is 26.9 Å². The minimum Gasteiger partial charge on any atom is -0.502 e. The highest BCUT2D eigenvalue weighted by atomic mass is 32.1. The number of methoxy groups -OCH3 is 1. The van der Waals surface area contributed by atoms with Crippen molar-refractivity contribution in [2.24, 2.45) is 0 Å².